The number of anilines is 1. The standard InChI is InChI=1S/C15H19NO4/c17-13(4-2-6-15(19)20)11-7-8-12-10(9-11)3-1-5-14(18)16-12/h7-9,13,17H,1-6H2,(H,16,18)(H,19,20). The van der Waals surface area contributed by atoms with E-state index in [1.807, 2.05) is 12.1 Å². The first kappa shape index (κ1) is 14.5. The second-order valence-electron chi connectivity index (χ2n) is 5.12. The van der Waals surface area contributed by atoms with Crippen LogP contribution in [-0.4, -0.2) is 22.1 Å². The second-order valence-corrected chi connectivity index (χ2v) is 5.12. The Labute approximate surface area is 117 Å². The molecule has 0 saturated carbocycles. The molecule has 108 valence electrons. The number of aryl methyl sites for hydroxylation is 1. The monoisotopic (exact) mass is 277 g/mol. The van der Waals surface area contributed by atoms with Gasteiger partial charge in [-0.15, -0.1) is 0 Å². The van der Waals surface area contributed by atoms with E-state index in [0.717, 1.165) is 29.7 Å². The van der Waals surface area contributed by atoms with Crippen LogP contribution in [0.2, 0.25) is 0 Å². The number of carbonyl (C=O) groups excluding carboxylic acids is 1. The van der Waals surface area contributed by atoms with E-state index in [2.05, 4.69) is 5.32 Å². The SMILES string of the molecule is O=C(O)CCCC(O)c1ccc2c(c1)CCCC(=O)N2. The lowest BCUT2D eigenvalue weighted by atomic mass is 9.98. The average molecular weight is 277 g/mol. The van der Waals surface area contributed by atoms with Crippen LogP contribution in [0, 0.1) is 0 Å². The first-order valence-corrected chi connectivity index (χ1v) is 6.89. The van der Waals surface area contributed by atoms with E-state index in [4.69, 9.17) is 5.11 Å². The van der Waals surface area contributed by atoms with Crippen molar-refractivity contribution in [3.8, 4) is 0 Å². The molecule has 0 fully saturated rings. The van der Waals surface area contributed by atoms with Crippen LogP contribution in [0.25, 0.3) is 0 Å². The zero-order chi connectivity index (χ0) is 14.5. The molecule has 0 saturated heterocycles. The fourth-order valence-corrected chi connectivity index (χ4v) is 2.42. The summed E-state index contributed by atoms with van der Waals surface area (Å²) in [6.45, 7) is 0. The number of nitrogens with one attached hydrogen (secondary N) is 1. The molecule has 0 radical (unpaired) electrons. The van der Waals surface area contributed by atoms with Gasteiger partial charge in [-0.25, -0.2) is 0 Å². The molecule has 5 nitrogen and oxygen atoms in total. The molecule has 0 aliphatic carbocycles. The van der Waals surface area contributed by atoms with E-state index in [1.54, 1.807) is 6.07 Å². The van der Waals surface area contributed by atoms with Gasteiger partial charge in [0.2, 0.25) is 5.91 Å². The normalized spacial score (nSPS) is 15.9. The Morgan fingerprint density at radius 2 is 2.15 bits per heavy atom. The zero-order valence-corrected chi connectivity index (χ0v) is 11.3. The molecule has 1 aliphatic rings. The van der Waals surface area contributed by atoms with Gasteiger partial charge >= 0.3 is 5.97 Å². The number of aliphatic hydroxyl groups is 1. The van der Waals surface area contributed by atoms with Gasteiger partial charge < -0.3 is 15.5 Å². The molecule has 1 aromatic carbocycles. The topological polar surface area (TPSA) is 86.6 Å². The molecule has 1 amide bonds. The molecule has 5 heteroatoms. The number of amides is 1. The predicted octanol–water partition coefficient (Wildman–Crippen LogP) is 2.25. The zero-order valence-electron chi connectivity index (χ0n) is 11.3. The molecule has 1 heterocycles. The molecular formula is C15H19NO4. The molecule has 1 unspecified atom stereocenters. The summed E-state index contributed by atoms with van der Waals surface area (Å²) >= 11 is 0. The van der Waals surface area contributed by atoms with E-state index in [-0.39, 0.29) is 12.3 Å². The molecule has 2 rings (SSSR count). The van der Waals surface area contributed by atoms with Crippen LogP contribution >= 0.6 is 0 Å². The van der Waals surface area contributed by atoms with Crippen LogP contribution in [0.1, 0.15) is 49.3 Å². The van der Waals surface area contributed by atoms with Gasteiger partial charge in [0.05, 0.1) is 6.10 Å². The minimum Gasteiger partial charge on any atom is -0.481 e. The Hall–Kier alpha value is -1.88. The number of carboxylic acid groups (broad SMARTS) is 1. The molecule has 0 spiro atoms. The van der Waals surface area contributed by atoms with Gasteiger partial charge in [0.15, 0.2) is 0 Å². The van der Waals surface area contributed by atoms with Crippen molar-refractivity contribution in [2.75, 3.05) is 5.32 Å². The van der Waals surface area contributed by atoms with Crippen molar-refractivity contribution < 1.29 is 19.8 Å². The van der Waals surface area contributed by atoms with Gasteiger partial charge in [-0.05, 0) is 42.9 Å². The number of aliphatic carboxylic acids is 1. The molecule has 1 aliphatic heterocycles. The van der Waals surface area contributed by atoms with E-state index >= 15 is 0 Å². The average Bonchev–Trinajstić information content (AvgIpc) is 2.57. The van der Waals surface area contributed by atoms with E-state index in [1.165, 1.54) is 0 Å². The Bertz CT molecular complexity index is 513. The molecule has 1 atom stereocenters. The number of hydrogen-bond donors (Lipinski definition) is 3. The van der Waals surface area contributed by atoms with Crippen molar-refractivity contribution in [2.45, 2.75) is 44.6 Å². The van der Waals surface area contributed by atoms with E-state index in [9.17, 15) is 14.7 Å². The van der Waals surface area contributed by atoms with E-state index in [0.29, 0.717) is 19.3 Å². The van der Waals surface area contributed by atoms with Gasteiger partial charge in [-0.2, -0.15) is 0 Å². The van der Waals surface area contributed by atoms with Crippen LogP contribution in [0.3, 0.4) is 0 Å². The summed E-state index contributed by atoms with van der Waals surface area (Å²) in [5.74, 6) is -0.819. The van der Waals surface area contributed by atoms with Gasteiger partial charge in [0.1, 0.15) is 0 Å². The van der Waals surface area contributed by atoms with Crippen molar-refractivity contribution in [3.63, 3.8) is 0 Å². The molecule has 0 aromatic heterocycles. The highest BCUT2D eigenvalue weighted by Crippen LogP contribution is 2.27. The van der Waals surface area contributed by atoms with E-state index < -0.39 is 12.1 Å². The predicted molar refractivity (Wildman–Crippen MR) is 74.5 cm³/mol. The van der Waals surface area contributed by atoms with Crippen LogP contribution in [0.15, 0.2) is 18.2 Å². The van der Waals surface area contributed by atoms with Gasteiger partial charge in [-0.1, -0.05) is 12.1 Å². The fraction of sp³-hybridized carbons (Fsp3) is 0.467. The molecule has 3 N–H and O–H groups in total. The smallest absolute Gasteiger partial charge is 0.303 e. The molecule has 20 heavy (non-hydrogen) atoms. The van der Waals surface area contributed by atoms with Crippen LogP contribution in [0.5, 0.6) is 0 Å². The Kier molecular flexibility index (Phi) is 4.74. The first-order valence-electron chi connectivity index (χ1n) is 6.89. The van der Waals surface area contributed by atoms with Crippen LogP contribution in [0.4, 0.5) is 5.69 Å². The minimum atomic E-state index is -0.846. The molecule has 1 aromatic rings. The summed E-state index contributed by atoms with van der Waals surface area (Å²) in [6, 6.07) is 5.51. The van der Waals surface area contributed by atoms with Crippen molar-refractivity contribution in [2.24, 2.45) is 0 Å². The number of carboxylic acids is 1. The van der Waals surface area contributed by atoms with Gasteiger partial charge in [0.25, 0.3) is 0 Å². The maximum Gasteiger partial charge on any atom is 0.303 e. The van der Waals surface area contributed by atoms with Crippen molar-refractivity contribution in [1.82, 2.24) is 0 Å². The maximum absolute atomic E-state index is 11.5. The maximum atomic E-state index is 11.5. The third kappa shape index (κ3) is 3.81. The lowest BCUT2D eigenvalue weighted by molar-refractivity contribution is -0.137. The largest absolute Gasteiger partial charge is 0.481 e. The van der Waals surface area contributed by atoms with Crippen molar-refractivity contribution in [1.29, 1.82) is 0 Å². The van der Waals surface area contributed by atoms with Crippen LogP contribution in [-0.2, 0) is 16.0 Å². The highest BCUT2D eigenvalue weighted by molar-refractivity contribution is 5.92. The summed E-state index contributed by atoms with van der Waals surface area (Å²) in [4.78, 5) is 21.9. The number of fused-ring (bicyclic) bond motifs is 1. The number of benzene rings is 1. The molecular weight excluding hydrogens is 258 g/mol. The minimum absolute atomic E-state index is 0.0264. The lowest BCUT2D eigenvalue weighted by Crippen LogP contribution is -2.09. The lowest BCUT2D eigenvalue weighted by Gasteiger charge is -2.14. The third-order valence-corrected chi connectivity index (χ3v) is 3.51. The number of rotatable bonds is 5. The van der Waals surface area contributed by atoms with Crippen molar-refractivity contribution >= 4 is 17.6 Å². The Morgan fingerprint density at radius 3 is 2.90 bits per heavy atom. The quantitative estimate of drug-likeness (QED) is 0.770. The van der Waals surface area contributed by atoms with Gasteiger partial charge in [0, 0.05) is 18.5 Å². The summed E-state index contributed by atoms with van der Waals surface area (Å²) in [7, 11) is 0. The van der Waals surface area contributed by atoms with Gasteiger partial charge in [-0.3, -0.25) is 9.59 Å². The Morgan fingerprint density at radius 1 is 1.35 bits per heavy atom. The first-order chi connectivity index (χ1) is 9.56. The fourth-order valence-electron chi connectivity index (χ4n) is 2.42. The summed E-state index contributed by atoms with van der Waals surface area (Å²) in [5, 5.41) is 21.5. The third-order valence-electron chi connectivity index (χ3n) is 3.51. The highest BCUT2D eigenvalue weighted by atomic mass is 16.4. The number of carbonyl (C=O) groups is 2. The highest BCUT2D eigenvalue weighted by Gasteiger charge is 2.15. The summed E-state index contributed by atoms with van der Waals surface area (Å²) in [6.07, 6.45) is 2.42. The number of hydrogen-bond acceptors (Lipinski definition) is 3. The number of aliphatic hydroxyl groups excluding tert-OH is 1. The van der Waals surface area contributed by atoms with Crippen LogP contribution < -0.4 is 5.32 Å². The summed E-state index contributed by atoms with van der Waals surface area (Å²) < 4.78 is 0. The van der Waals surface area contributed by atoms with Crippen molar-refractivity contribution in [3.05, 3.63) is 29.3 Å². The summed E-state index contributed by atoms with van der Waals surface area (Å²) in [5.41, 5.74) is 2.63. The molecule has 0 bridgehead atoms. The second kappa shape index (κ2) is 6.52. The Balaban J connectivity index is 2.04.